The van der Waals surface area contributed by atoms with Crippen LogP contribution in [0.15, 0.2) is 18.2 Å². The number of hydrogen-bond donors (Lipinski definition) is 2. The molecule has 1 fully saturated rings. The summed E-state index contributed by atoms with van der Waals surface area (Å²) in [6, 6.07) is 4.75. The van der Waals surface area contributed by atoms with E-state index < -0.39 is 0 Å². The number of carbonyl (C=O) groups is 1. The average Bonchev–Trinajstić information content (AvgIpc) is 2.32. The van der Waals surface area contributed by atoms with E-state index in [2.05, 4.69) is 6.92 Å². The Morgan fingerprint density at radius 2 is 2.24 bits per heavy atom. The third-order valence-corrected chi connectivity index (χ3v) is 3.33. The van der Waals surface area contributed by atoms with Crippen LogP contribution in [0.5, 0.6) is 5.75 Å². The maximum atomic E-state index is 12.3. The van der Waals surface area contributed by atoms with Gasteiger partial charge in [0.05, 0.1) is 5.56 Å². The van der Waals surface area contributed by atoms with Crippen LogP contribution >= 0.6 is 0 Å². The Kier molecular flexibility index (Phi) is 3.22. The number of phenolic OH excluding ortho intramolecular Hbond substituents is 1. The Balaban J connectivity index is 2.26. The van der Waals surface area contributed by atoms with Crippen LogP contribution in [-0.2, 0) is 0 Å². The third kappa shape index (κ3) is 2.35. The summed E-state index contributed by atoms with van der Waals surface area (Å²) in [5.41, 5.74) is 6.61. The van der Waals surface area contributed by atoms with Crippen LogP contribution in [0, 0.1) is 0 Å². The van der Waals surface area contributed by atoms with Crippen molar-refractivity contribution in [1.82, 2.24) is 4.90 Å². The van der Waals surface area contributed by atoms with Gasteiger partial charge in [-0.3, -0.25) is 4.79 Å². The van der Waals surface area contributed by atoms with Gasteiger partial charge in [-0.05, 0) is 44.4 Å². The molecule has 17 heavy (non-hydrogen) atoms. The average molecular weight is 234 g/mol. The lowest BCUT2D eigenvalue weighted by molar-refractivity contribution is 0.0636. The molecule has 0 radical (unpaired) electrons. The van der Waals surface area contributed by atoms with Crippen molar-refractivity contribution < 1.29 is 9.90 Å². The fourth-order valence-corrected chi connectivity index (χ4v) is 2.28. The molecule has 0 saturated carbocycles. The van der Waals surface area contributed by atoms with Crippen LogP contribution < -0.4 is 5.73 Å². The molecular weight excluding hydrogens is 216 g/mol. The van der Waals surface area contributed by atoms with Crippen molar-refractivity contribution in [2.24, 2.45) is 0 Å². The number of amides is 1. The van der Waals surface area contributed by atoms with Crippen molar-refractivity contribution in [2.45, 2.75) is 32.2 Å². The quantitative estimate of drug-likeness (QED) is 0.577. The molecule has 0 aliphatic carbocycles. The minimum Gasteiger partial charge on any atom is -0.508 e. The van der Waals surface area contributed by atoms with E-state index in [0.717, 1.165) is 19.4 Å². The summed E-state index contributed by atoms with van der Waals surface area (Å²) in [6.07, 6.45) is 3.24. The predicted molar refractivity (Wildman–Crippen MR) is 66.9 cm³/mol. The van der Waals surface area contributed by atoms with Crippen molar-refractivity contribution in [1.29, 1.82) is 0 Å². The zero-order chi connectivity index (χ0) is 12.4. The summed E-state index contributed by atoms with van der Waals surface area (Å²) in [6.45, 7) is 2.82. The van der Waals surface area contributed by atoms with E-state index in [1.807, 2.05) is 4.90 Å². The van der Waals surface area contributed by atoms with Crippen LogP contribution in [0.3, 0.4) is 0 Å². The molecule has 2 rings (SSSR count). The summed E-state index contributed by atoms with van der Waals surface area (Å²) in [7, 11) is 0. The van der Waals surface area contributed by atoms with Crippen molar-refractivity contribution >= 4 is 11.6 Å². The van der Waals surface area contributed by atoms with Crippen LogP contribution in [-0.4, -0.2) is 28.5 Å². The molecule has 1 atom stereocenters. The fourth-order valence-electron chi connectivity index (χ4n) is 2.28. The number of piperidine rings is 1. The van der Waals surface area contributed by atoms with E-state index in [4.69, 9.17) is 5.73 Å². The first-order chi connectivity index (χ1) is 8.09. The van der Waals surface area contributed by atoms with Crippen LogP contribution in [0.1, 0.15) is 36.5 Å². The zero-order valence-electron chi connectivity index (χ0n) is 10.0. The Labute approximate surface area is 101 Å². The van der Waals surface area contributed by atoms with E-state index in [-0.39, 0.29) is 17.7 Å². The smallest absolute Gasteiger partial charge is 0.256 e. The number of nitrogens with two attached hydrogens (primary N) is 1. The molecule has 3 N–H and O–H groups in total. The van der Waals surface area contributed by atoms with Gasteiger partial charge in [0.1, 0.15) is 5.75 Å². The molecule has 1 heterocycles. The molecule has 92 valence electrons. The highest BCUT2D eigenvalue weighted by atomic mass is 16.3. The first kappa shape index (κ1) is 11.8. The number of phenols is 1. The first-order valence-corrected chi connectivity index (χ1v) is 5.99. The summed E-state index contributed by atoms with van der Waals surface area (Å²) < 4.78 is 0. The number of nitrogen functional groups attached to an aromatic ring is 1. The Bertz CT molecular complexity index is 431. The van der Waals surface area contributed by atoms with E-state index in [0.29, 0.717) is 11.3 Å². The summed E-state index contributed by atoms with van der Waals surface area (Å²) in [5, 5.41) is 9.42. The monoisotopic (exact) mass is 234 g/mol. The topological polar surface area (TPSA) is 66.6 Å². The largest absolute Gasteiger partial charge is 0.508 e. The summed E-state index contributed by atoms with van der Waals surface area (Å²) >= 11 is 0. The zero-order valence-corrected chi connectivity index (χ0v) is 10.0. The molecule has 4 nitrogen and oxygen atoms in total. The Hall–Kier alpha value is -1.71. The van der Waals surface area contributed by atoms with E-state index in [1.54, 1.807) is 6.07 Å². The number of anilines is 1. The van der Waals surface area contributed by atoms with E-state index >= 15 is 0 Å². The molecule has 1 amide bonds. The number of carbonyl (C=O) groups excluding carboxylic acids is 1. The molecule has 1 saturated heterocycles. The molecule has 0 aromatic heterocycles. The first-order valence-electron chi connectivity index (χ1n) is 5.99. The number of aromatic hydroxyl groups is 1. The third-order valence-electron chi connectivity index (χ3n) is 3.33. The van der Waals surface area contributed by atoms with Gasteiger partial charge in [-0.1, -0.05) is 0 Å². The lowest BCUT2D eigenvalue weighted by Crippen LogP contribution is -2.42. The molecule has 1 unspecified atom stereocenters. The van der Waals surface area contributed by atoms with Crippen LogP contribution in [0.4, 0.5) is 5.69 Å². The maximum absolute atomic E-state index is 12.3. The van der Waals surface area contributed by atoms with Gasteiger partial charge in [0, 0.05) is 18.3 Å². The minimum absolute atomic E-state index is 0.0761. The molecule has 0 spiro atoms. The second-order valence-corrected chi connectivity index (χ2v) is 4.61. The number of nitrogens with zero attached hydrogens (tertiary/aromatic N) is 1. The lowest BCUT2D eigenvalue weighted by Gasteiger charge is -2.33. The molecule has 1 aromatic rings. The Morgan fingerprint density at radius 3 is 2.94 bits per heavy atom. The van der Waals surface area contributed by atoms with Crippen molar-refractivity contribution in [3.63, 3.8) is 0 Å². The molecular formula is C13H18N2O2. The number of rotatable bonds is 1. The SMILES string of the molecule is CC1CCCCN1C(=O)c1cc(O)ccc1N. The summed E-state index contributed by atoms with van der Waals surface area (Å²) in [5.74, 6) is -0.00203. The number of benzene rings is 1. The highest BCUT2D eigenvalue weighted by molar-refractivity contribution is 5.99. The van der Waals surface area contributed by atoms with E-state index in [1.165, 1.54) is 18.6 Å². The van der Waals surface area contributed by atoms with Crippen LogP contribution in [0.25, 0.3) is 0 Å². The van der Waals surface area contributed by atoms with Gasteiger partial charge in [-0.2, -0.15) is 0 Å². The number of likely N-dealkylation sites (tertiary alicyclic amines) is 1. The van der Waals surface area contributed by atoms with Crippen LogP contribution in [0.2, 0.25) is 0 Å². The van der Waals surface area contributed by atoms with Crippen molar-refractivity contribution in [3.05, 3.63) is 23.8 Å². The lowest BCUT2D eigenvalue weighted by atomic mass is 10.0. The predicted octanol–water partition coefficient (Wildman–Crippen LogP) is 1.99. The standard InChI is InChI=1S/C13H18N2O2/c1-9-4-2-3-7-15(9)13(17)11-8-10(16)5-6-12(11)14/h5-6,8-9,16H,2-4,7,14H2,1H3. The second kappa shape index (κ2) is 4.65. The maximum Gasteiger partial charge on any atom is 0.256 e. The fraction of sp³-hybridized carbons (Fsp3) is 0.462. The van der Waals surface area contributed by atoms with Gasteiger partial charge >= 0.3 is 0 Å². The van der Waals surface area contributed by atoms with Gasteiger partial charge in [-0.15, -0.1) is 0 Å². The second-order valence-electron chi connectivity index (χ2n) is 4.61. The molecule has 4 heteroatoms. The van der Waals surface area contributed by atoms with Gasteiger partial charge in [-0.25, -0.2) is 0 Å². The normalized spacial score (nSPS) is 20.3. The van der Waals surface area contributed by atoms with Gasteiger partial charge in [0.25, 0.3) is 5.91 Å². The highest BCUT2D eigenvalue weighted by Gasteiger charge is 2.25. The molecule has 0 bridgehead atoms. The van der Waals surface area contributed by atoms with Crippen molar-refractivity contribution in [2.75, 3.05) is 12.3 Å². The van der Waals surface area contributed by atoms with Crippen molar-refractivity contribution in [3.8, 4) is 5.75 Å². The number of hydrogen-bond acceptors (Lipinski definition) is 3. The highest BCUT2D eigenvalue weighted by Crippen LogP contribution is 2.24. The Morgan fingerprint density at radius 1 is 1.47 bits per heavy atom. The molecule has 1 aliphatic heterocycles. The summed E-state index contributed by atoms with van der Waals surface area (Å²) in [4.78, 5) is 14.2. The minimum atomic E-state index is -0.0781. The van der Waals surface area contributed by atoms with Gasteiger partial charge in [0.15, 0.2) is 0 Å². The molecule has 1 aromatic carbocycles. The van der Waals surface area contributed by atoms with Gasteiger partial charge < -0.3 is 15.7 Å². The molecule has 1 aliphatic rings. The van der Waals surface area contributed by atoms with E-state index in [9.17, 15) is 9.90 Å². The van der Waals surface area contributed by atoms with Gasteiger partial charge in [0.2, 0.25) is 0 Å².